The number of pyridine rings is 1. The topological polar surface area (TPSA) is 59.0 Å². The summed E-state index contributed by atoms with van der Waals surface area (Å²) in [5, 5.41) is 0.676. The van der Waals surface area contributed by atoms with Crippen LogP contribution in [0.25, 0.3) is 11.3 Å². The monoisotopic (exact) mass is 392 g/mol. The maximum atomic E-state index is 12.7. The van der Waals surface area contributed by atoms with Gasteiger partial charge in [-0.05, 0) is 36.6 Å². The minimum atomic E-state index is 0.136. The van der Waals surface area contributed by atoms with Gasteiger partial charge in [-0.2, -0.15) is 0 Å². The Morgan fingerprint density at radius 3 is 2.89 bits per heavy atom. The molecule has 1 aliphatic rings. The van der Waals surface area contributed by atoms with Gasteiger partial charge in [0, 0.05) is 48.2 Å². The van der Waals surface area contributed by atoms with E-state index in [-0.39, 0.29) is 11.8 Å². The van der Waals surface area contributed by atoms with Gasteiger partial charge in [0.15, 0.2) is 0 Å². The summed E-state index contributed by atoms with van der Waals surface area (Å²) in [6, 6.07) is 11.4. The Morgan fingerprint density at radius 1 is 1.14 bits per heavy atom. The van der Waals surface area contributed by atoms with Crippen LogP contribution in [0, 0.1) is 0 Å². The zero-order valence-corrected chi connectivity index (χ0v) is 16.2. The van der Waals surface area contributed by atoms with Gasteiger partial charge in [-0.25, -0.2) is 4.98 Å². The second kappa shape index (κ2) is 8.48. The highest BCUT2D eigenvalue weighted by Gasteiger charge is 2.26. The molecule has 0 N–H and O–H groups in total. The van der Waals surface area contributed by atoms with Gasteiger partial charge in [0.05, 0.1) is 24.0 Å². The molecule has 1 aromatic carbocycles. The molecule has 28 heavy (non-hydrogen) atoms. The number of carbonyl (C=O) groups excluding carboxylic acids is 1. The minimum Gasteiger partial charge on any atom is -0.342 e. The molecule has 0 spiro atoms. The summed E-state index contributed by atoms with van der Waals surface area (Å²) in [6.45, 7) is 1.46. The Kier molecular flexibility index (Phi) is 5.63. The third-order valence-electron chi connectivity index (χ3n) is 5.04. The number of benzene rings is 1. The first-order chi connectivity index (χ1) is 13.7. The Balaban J connectivity index is 1.49. The summed E-state index contributed by atoms with van der Waals surface area (Å²) < 4.78 is 0. The smallest absolute Gasteiger partial charge is 0.227 e. The Morgan fingerprint density at radius 2 is 2.07 bits per heavy atom. The third-order valence-corrected chi connectivity index (χ3v) is 5.28. The van der Waals surface area contributed by atoms with Crippen LogP contribution < -0.4 is 0 Å². The first kappa shape index (κ1) is 18.6. The zero-order chi connectivity index (χ0) is 19.3. The number of hydrogen-bond donors (Lipinski definition) is 0. The standard InChI is InChI=1S/C22H21ClN4O/c23-19-7-1-5-17(11-19)20-13-25-14-21(26-20)18-6-3-9-27(15-18)22(28)10-16-4-2-8-24-12-16/h1-2,4-5,7-8,11-14,18H,3,6,9-10,15H2/t18-/m1/s1. The van der Waals surface area contributed by atoms with Gasteiger partial charge >= 0.3 is 0 Å². The summed E-state index contributed by atoms with van der Waals surface area (Å²) in [7, 11) is 0. The van der Waals surface area contributed by atoms with Crippen molar-refractivity contribution >= 4 is 17.5 Å². The van der Waals surface area contributed by atoms with Crippen LogP contribution in [0.1, 0.15) is 30.0 Å². The fourth-order valence-corrected chi connectivity index (χ4v) is 3.79. The molecule has 6 heteroatoms. The molecular weight excluding hydrogens is 372 g/mol. The molecule has 1 atom stereocenters. The fraction of sp³-hybridized carbons (Fsp3) is 0.273. The Labute approximate surface area is 169 Å². The van der Waals surface area contributed by atoms with E-state index in [4.69, 9.17) is 16.6 Å². The molecule has 4 rings (SSSR count). The van der Waals surface area contributed by atoms with E-state index in [1.54, 1.807) is 18.6 Å². The molecule has 0 unspecified atom stereocenters. The van der Waals surface area contributed by atoms with Crippen molar-refractivity contribution < 1.29 is 4.79 Å². The Bertz CT molecular complexity index is 964. The lowest BCUT2D eigenvalue weighted by molar-refractivity contribution is -0.131. The van der Waals surface area contributed by atoms with Crippen molar-refractivity contribution in [1.29, 1.82) is 0 Å². The number of hydrogen-bond acceptors (Lipinski definition) is 4. The van der Waals surface area contributed by atoms with E-state index in [2.05, 4.69) is 9.97 Å². The Hall–Kier alpha value is -2.79. The van der Waals surface area contributed by atoms with Crippen molar-refractivity contribution in [3.63, 3.8) is 0 Å². The van der Waals surface area contributed by atoms with Gasteiger partial charge in [0.2, 0.25) is 5.91 Å². The molecule has 1 amide bonds. The number of piperidine rings is 1. The van der Waals surface area contributed by atoms with Gasteiger partial charge < -0.3 is 4.90 Å². The number of carbonyl (C=O) groups is 1. The van der Waals surface area contributed by atoms with E-state index in [0.29, 0.717) is 18.0 Å². The zero-order valence-electron chi connectivity index (χ0n) is 15.5. The highest BCUT2D eigenvalue weighted by Crippen LogP contribution is 2.28. The molecule has 1 fully saturated rings. The summed E-state index contributed by atoms with van der Waals surface area (Å²) in [5.74, 6) is 0.329. The van der Waals surface area contributed by atoms with Crippen molar-refractivity contribution in [2.75, 3.05) is 13.1 Å². The van der Waals surface area contributed by atoms with Crippen molar-refractivity contribution in [2.24, 2.45) is 0 Å². The van der Waals surface area contributed by atoms with Crippen LogP contribution in [0.3, 0.4) is 0 Å². The molecule has 1 saturated heterocycles. The van der Waals surface area contributed by atoms with Crippen molar-refractivity contribution in [2.45, 2.75) is 25.2 Å². The lowest BCUT2D eigenvalue weighted by Gasteiger charge is -2.32. The van der Waals surface area contributed by atoms with Gasteiger partial charge in [-0.15, -0.1) is 0 Å². The first-order valence-electron chi connectivity index (χ1n) is 9.43. The molecular formula is C22H21ClN4O. The maximum Gasteiger partial charge on any atom is 0.227 e. The number of halogens is 1. The average molecular weight is 393 g/mol. The molecule has 3 aromatic rings. The van der Waals surface area contributed by atoms with Crippen molar-refractivity contribution in [1.82, 2.24) is 19.9 Å². The van der Waals surface area contributed by atoms with E-state index in [9.17, 15) is 4.79 Å². The quantitative estimate of drug-likeness (QED) is 0.669. The summed E-state index contributed by atoms with van der Waals surface area (Å²) in [5.41, 5.74) is 3.62. The SMILES string of the molecule is O=C(Cc1cccnc1)N1CCC[C@@H](c2cncc(-c3cccc(Cl)c3)n2)C1. The summed E-state index contributed by atoms with van der Waals surface area (Å²) >= 11 is 6.11. The van der Waals surface area contributed by atoms with E-state index in [1.807, 2.05) is 47.5 Å². The number of rotatable bonds is 4. The van der Waals surface area contributed by atoms with Crippen LogP contribution in [-0.4, -0.2) is 38.8 Å². The van der Waals surface area contributed by atoms with Crippen molar-refractivity contribution in [3.05, 3.63) is 77.5 Å². The summed E-state index contributed by atoms with van der Waals surface area (Å²) in [4.78, 5) is 28.0. The third kappa shape index (κ3) is 4.37. The van der Waals surface area contributed by atoms with E-state index < -0.39 is 0 Å². The van der Waals surface area contributed by atoms with E-state index in [0.717, 1.165) is 41.9 Å². The largest absolute Gasteiger partial charge is 0.342 e. The predicted octanol–water partition coefficient (Wildman–Crippen LogP) is 4.14. The number of amides is 1. The van der Waals surface area contributed by atoms with Gasteiger partial charge in [-0.3, -0.25) is 14.8 Å². The fourth-order valence-electron chi connectivity index (χ4n) is 3.60. The molecule has 142 valence electrons. The van der Waals surface area contributed by atoms with Crippen LogP contribution in [0.5, 0.6) is 0 Å². The average Bonchev–Trinajstić information content (AvgIpc) is 2.75. The van der Waals surface area contributed by atoms with Crippen LogP contribution in [0.4, 0.5) is 0 Å². The van der Waals surface area contributed by atoms with Gasteiger partial charge in [-0.1, -0.05) is 29.8 Å². The summed E-state index contributed by atoms with van der Waals surface area (Å²) in [6.07, 6.45) is 9.39. The lowest BCUT2D eigenvalue weighted by atomic mass is 9.94. The van der Waals surface area contributed by atoms with Crippen LogP contribution in [0.2, 0.25) is 5.02 Å². The second-order valence-electron chi connectivity index (χ2n) is 7.06. The minimum absolute atomic E-state index is 0.136. The highest BCUT2D eigenvalue weighted by atomic mass is 35.5. The molecule has 1 aliphatic heterocycles. The van der Waals surface area contributed by atoms with Crippen LogP contribution in [0.15, 0.2) is 61.2 Å². The van der Waals surface area contributed by atoms with Gasteiger partial charge in [0.1, 0.15) is 0 Å². The van der Waals surface area contributed by atoms with Crippen molar-refractivity contribution in [3.8, 4) is 11.3 Å². The van der Waals surface area contributed by atoms with E-state index in [1.165, 1.54) is 0 Å². The maximum absolute atomic E-state index is 12.7. The van der Waals surface area contributed by atoms with Crippen LogP contribution in [-0.2, 0) is 11.2 Å². The molecule has 0 radical (unpaired) electrons. The molecule has 0 saturated carbocycles. The normalized spacial score (nSPS) is 16.8. The van der Waals surface area contributed by atoms with Gasteiger partial charge in [0.25, 0.3) is 0 Å². The first-order valence-corrected chi connectivity index (χ1v) is 9.81. The molecule has 2 aromatic heterocycles. The predicted molar refractivity (Wildman–Crippen MR) is 109 cm³/mol. The number of nitrogens with zero attached hydrogens (tertiary/aromatic N) is 4. The van der Waals surface area contributed by atoms with Crippen LogP contribution >= 0.6 is 11.6 Å². The molecule has 5 nitrogen and oxygen atoms in total. The molecule has 0 aliphatic carbocycles. The lowest BCUT2D eigenvalue weighted by Crippen LogP contribution is -2.40. The highest BCUT2D eigenvalue weighted by molar-refractivity contribution is 6.30. The number of likely N-dealkylation sites (tertiary alicyclic amines) is 1. The van der Waals surface area contributed by atoms with E-state index >= 15 is 0 Å². The number of aromatic nitrogens is 3. The second-order valence-corrected chi connectivity index (χ2v) is 7.49. The molecule has 0 bridgehead atoms. The molecule has 3 heterocycles.